The molecule has 2 heterocycles. The summed E-state index contributed by atoms with van der Waals surface area (Å²) in [6.07, 6.45) is -1.12. The molecule has 1 saturated heterocycles. The number of halogens is 3. The zero-order valence-electron chi connectivity index (χ0n) is 16.8. The molecule has 0 spiro atoms. The lowest BCUT2D eigenvalue weighted by Crippen LogP contribution is -2.37. The number of alkyl halides is 2. The fraction of sp³-hybridized carbons (Fsp3) is 0.348. The van der Waals surface area contributed by atoms with Crippen LogP contribution in [0.5, 0.6) is 0 Å². The third kappa shape index (κ3) is 5.01. The van der Waals surface area contributed by atoms with Gasteiger partial charge in [0.25, 0.3) is 6.43 Å². The highest BCUT2D eigenvalue weighted by Crippen LogP contribution is 2.28. The molecular formula is C23H22F3N3OS. The van der Waals surface area contributed by atoms with Crippen molar-refractivity contribution in [3.8, 4) is 0 Å². The Labute approximate surface area is 183 Å². The van der Waals surface area contributed by atoms with Crippen LogP contribution >= 0.6 is 11.8 Å². The first kappa shape index (κ1) is 21.6. The summed E-state index contributed by atoms with van der Waals surface area (Å²) in [6.45, 7) is 0.101. The molecule has 0 atom stereocenters. The Morgan fingerprint density at radius 1 is 1.10 bits per heavy atom. The lowest BCUT2D eigenvalue weighted by molar-refractivity contribution is -0.122. The third-order valence-electron chi connectivity index (χ3n) is 5.52. The van der Waals surface area contributed by atoms with Gasteiger partial charge in [-0.3, -0.25) is 4.79 Å². The van der Waals surface area contributed by atoms with Gasteiger partial charge in [0.15, 0.2) is 0 Å². The number of carbonyl (C=O) groups is 1. The van der Waals surface area contributed by atoms with E-state index in [1.807, 2.05) is 42.1 Å². The fourth-order valence-corrected chi connectivity index (χ4v) is 4.85. The van der Waals surface area contributed by atoms with Gasteiger partial charge in [-0.1, -0.05) is 30.3 Å². The van der Waals surface area contributed by atoms with Gasteiger partial charge in [-0.15, -0.1) is 0 Å². The summed E-state index contributed by atoms with van der Waals surface area (Å²) in [4.78, 5) is 14.9. The summed E-state index contributed by atoms with van der Waals surface area (Å²) in [5, 5.41) is 7.25. The van der Waals surface area contributed by atoms with E-state index >= 15 is 0 Å². The number of nitrogens with zero attached hydrogens (tertiary/aromatic N) is 3. The Kier molecular flexibility index (Phi) is 6.75. The Balaban J connectivity index is 1.55. The van der Waals surface area contributed by atoms with E-state index in [4.69, 9.17) is 0 Å². The second-order valence-electron chi connectivity index (χ2n) is 7.57. The van der Waals surface area contributed by atoms with Gasteiger partial charge in [0.05, 0.1) is 12.3 Å². The minimum atomic E-state index is -2.67. The highest BCUT2D eigenvalue weighted by atomic mass is 32.2. The van der Waals surface area contributed by atoms with Crippen LogP contribution < -0.4 is 4.90 Å². The molecule has 0 aliphatic carbocycles. The molecule has 8 heteroatoms. The first-order valence-corrected chi connectivity index (χ1v) is 11.3. The molecule has 1 amide bonds. The quantitative estimate of drug-likeness (QED) is 0.604. The molecule has 0 saturated carbocycles. The molecule has 0 aromatic heterocycles. The summed E-state index contributed by atoms with van der Waals surface area (Å²) in [6, 6.07) is 13.8. The lowest BCUT2D eigenvalue weighted by Gasteiger charge is -2.29. The fourth-order valence-electron chi connectivity index (χ4n) is 3.74. The number of carbonyl (C=O) groups excluding carboxylic acids is 1. The smallest absolute Gasteiger partial charge is 0.278 e. The van der Waals surface area contributed by atoms with Crippen molar-refractivity contribution in [2.45, 2.75) is 32.2 Å². The van der Waals surface area contributed by atoms with Gasteiger partial charge in [0.2, 0.25) is 5.91 Å². The van der Waals surface area contributed by atoms with Crippen molar-refractivity contribution >= 4 is 34.8 Å². The van der Waals surface area contributed by atoms with Gasteiger partial charge in [0.1, 0.15) is 11.5 Å². The van der Waals surface area contributed by atoms with Gasteiger partial charge in [-0.05, 0) is 42.5 Å². The maximum atomic E-state index is 15.0. The van der Waals surface area contributed by atoms with E-state index < -0.39 is 12.2 Å². The van der Waals surface area contributed by atoms with E-state index in [2.05, 4.69) is 10.2 Å². The van der Waals surface area contributed by atoms with Crippen molar-refractivity contribution in [2.75, 3.05) is 16.4 Å². The van der Waals surface area contributed by atoms with E-state index in [-0.39, 0.29) is 30.5 Å². The van der Waals surface area contributed by atoms with Crippen LogP contribution in [0.15, 0.2) is 58.7 Å². The Bertz CT molecular complexity index is 1000. The number of rotatable bonds is 6. The summed E-state index contributed by atoms with van der Waals surface area (Å²) in [5.74, 6) is 1.34. The number of amides is 1. The van der Waals surface area contributed by atoms with E-state index in [0.717, 1.165) is 30.0 Å². The molecule has 31 heavy (non-hydrogen) atoms. The van der Waals surface area contributed by atoms with Crippen LogP contribution in [0.25, 0.3) is 0 Å². The molecule has 4 nitrogen and oxygen atoms in total. The predicted molar refractivity (Wildman–Crippen MR) is 119 cm³/mol. The maximum Gasteiger partial charge on any atom is 0.278 e. The SMILES string of the molecule is O=C(C1CCSCC1)N(Cc1ccc(C2=NN=C(C(F)F)C2)cc1F)c1ccccc1. The number of hydrogen-bond donors (Lipinski definition) is 0. The van der Waals surface area contributed by atoms with Crippen LogP contribution in [0.2, 0.25) is 0 Å². The number of thioether (sulfide) groups is 1. The summed E-state index contributed by atoms with van der Waals surface area (Å²) < 4.78 is 40.5. The molecule has 0 radical (unpaired) electrons. The van der Waals surface area contributed by atoms with Crippen molar-refractivity contribution in [3.63, 3.8) is 0 Å². The summed E-state index contributed by atoms with van der Waals surface area (Å²) in [7, 11) is 0. The van der Waals surface area contributed by atoms with E-state index in [1.54, 1.807) is 17.0 Å². The molecule has 0 N–H and O–H groups in total. The molecule has 4 rings (SSSR count). The Hall–Kier alpha value is -2.61. The topological polar surface area (TPSA) is 45.0 Å². The maximum absolute atomic E-state index is 15.0. The van der Waals surface area contributed by atoms with E-state index in [1.165, 1.54) is 6.07 Å². The van der Waals surface area contributed by atoms with Crippen LogP contribution in [0.3, 0.4) is 0 Å². The van der Waals surface area contributed by atoms with Gasteiger partial charge < -0.3 is 4.90 Å². The van der Waals surface area contributed by atoms with Crippen molar-refractivity contribution < 1.29 is 18.0 Å². The second kappa shape index (κ2) is 9.68. The van der Waals surface area contributed by atoms with Crippen molar-refractivity contribution in [3.05, 3.63) is 65.5 Å². The molecule has 2 aliphatic rings. The first-order valence-electron chi connectivity index (χ1n) is 10.2. The highest BCUT2D eigenvalue weighted by Gasteiger charge is 2.28. The predicted octanol–water partition coefficient (Wildman–Crippen LogP) is 5.32. The normalized spacial score (nSPS) is 16.9. The molecule has 0 unspecified atom stereocenters. The van der Waals surface area contributed by atoms with Gasteiger partial charge in [-0.2, -0.15) is 22.0 Å². The molecule has 2 aromatic rings. The molecule has 0 bridgehead atoms. The van der Waals surface area contributed by atoms with E-state index in [9.17, 15) is 18.0 Å². The third-order valence-corrected chi connectivity index (χ3v) is 6.57. The van der Waals surface area contributed by atoms with Crippen LogP contribution in [0, 0.1) is 11.7 Å². The molecule has 1 fully saturated rings. The van der Waals surface area contributed by atoms with Gasteiger partial charge >= 0.3 is 0 Å². The zero-order valence-corrected chi connectivity index (χ0v) is 17.6. The minimum absolute atomic E-state index is 0.00474. The average molecular weight is 446 g/mol. The molecule has 2 aliphatic heterocycles. The van der Waals surface area contributed by atoms with E-state index in [0.29, 0.717) is 16.8 Å². The summed E-state index contributed by atoms with van der Waals surface area (Å²) in [5.41, 5.74) is 1.51. The molecule has 162 valence electrons. The van der Waals surface area contributed by atoms with Crippen LogP contribution in [0.4, 0.5) is 18.9 Å². The van der Waals surface area contributed by atoms with Crippen LogP contribution in [-0.4, -0.2) is 35.3 Å². The number of benzene rings is 2. The van der Waals surface area contributed by atoms with Gasteiger partial charge in [-0.25, -0.2) is 13.2 Å². The number of anilines is 1. The highest BCUT2D eigenvalue weighted by molar-refractivity contribution is 7.99. The Morgan fingerprint density at radius 3 is 2.48 bits per heavy atom. The minimum Gasteiger partial charge on any atom is -0.308 e. The van der Waals surface area contributed by atoms with Crippen LogP contribution in [0.1, 0.15) is 30.4 Å². The number of para-hydroxylation sites is 1. The Morgan fingerprint density at radius 2 is 1.84 bits per heavy atom. The molecular weight excluding hydrogens is 423 g/mol. The van der Waals surface area contributed by atoms with Crippen molar-refractivity contribution in [1.82, 2.24) is 0 Å². The monoisotopic (exact) mass is 445 g/mol. The first-order chi connectivity index (χ1) is 15.0. The standard InChI is InChI=1S/C23H22F3N3OS/c24-19-12-16(20-13-21(22(25)26)28-27-20)6-7-17(19)14-29(18-4-2-1-3-5-18)23(30)15-8-10-31-11-9-15/h1-7,12,15,22H,8-11,13-14H2. The number of hydrogen-bond acceptors (Lipinski definition) is 4. The lowest BCUT2D eigenvalue weighted by atomic mass is 9.99. The van der Waals surface area contributed by atoms with Crippen molar-refractivity contribution in [2.24, 2.45) is 16.1 Å². The summed E-state index contributed by atoms with van der Waals surface area (Å²) >= 11 is 1.85. The largest absolute Gasteiger partial charge is 0.308 e. The average Bonchev–Trinajstić information content (AvgIpc) is 3.30. The van der Waals surface area contributed by atoms with Crippen LogP contribution in [-0.2, 0) is 11.3 Å². The van der Waals surface area contributed by atoms with Crippen molar-refractivity contribution in [1.29, 1.82) is 0 Å². The second-order valence-corrected chi connectivity index (χ2v) is 8.79. The zero-order chi connectivity index (χ0) is 21.8. The molecule has 2 aromatic carbocycles. The van der Waals surface area contributed by atoms with Gasteiger partial charge in [0, 0.05) is 29.2 Å².